The molecule has 0 aliphatic rings. The smallest absolute Gasteiger partial charge is 0.262 e. The minimum absolute atomic E-state index is 0.271. The minimum atomic E-state index is -0.492. The minimum Gasteiger partial charge on any atom is -0.495 e. The molecule has 0 heterocycles. The molecule has 2 aromatic rings. The van der Waals surface area contributed by atoms with Crippen molar-refractivity contribution in [3.05, 3.63) is 48.0 Å². The van der Waals surface area contributed by atoms with Crippen molar-refractivity contribution in [2.75, 3.05) is 26.6 Å². The number of amides is 1. The highest BCUT2D eigenvalue weighted by molar-refractivity contribution is 5.87. The van der Waals surface area contributed by atoms with Crippen LogP contribution in [-0.4, -0.2) is 39.5 Å². The standard InChI is InChI=1S/C19H23N3O4/c1-13(21-15-7-5-6-8-16(15)24-2)19(23)22-20-12-14-9-10-17(25-3)18(11-14)26-4/h5-13,21H,1-4H3,(H,22,23)/b20-12+. The van der Waals surface area contributed by atoms with Crippen molar-refractivity contribution in [2.24, 2.45) is 5.10 Å². The number of benzene rings is 2. The van der Waals surface area contributed by atoms with Crippen LogP contribution < -0.4 is 25.0 Å². The summed E-state index contributed by atoms with van der Waals surface area (Å²) in [5, 5.41) is 7.08. The molecular weight excluding hydrogens is 334 g/mol. The zero-order valence-corrected chi connectivity index (χ0v) is 15.3. The average molecular weight is 357 g/mol. The quantitative estimate of drug-likeness (QED) is 0.561. The summed E-state index contributed by atoms with van der Waals surface area (Å²) >= 11 is 0. The number of rotatable bonds is 8. The van der Waals surface area contributed by atoms with E-state index >= 15 is 0 Å². The Bertz CT molecular complexity index is 777. The lowest BCUT2D eigenvalue weighted by Crippen LogP contribution is -2.35. The van der Waals surface area contributed by atoms with E-state index in [0.717, 1.165) is 11.3 Å². The van der Waals surface area contributed by atoms with Gasteiger partial charge in [-0.1, -0.05) is 12.1 Å². The summed E-state index contributed by atoms with van der Waals surface area (Å²) < 4.78 is 15.7. The number of methoxy groups -OCH3 is 3. The Hall–Kier alpha value is -3.22. The van der Waals surface area contributed by atoms with Gasteiger partial charge in [-0.05, 0) is 42.8 Å². The summed E-state index contributed by atoms with van der Waals surface area (Å²) in [6, 6.07) is 12.3. The number of carbonyl (C=O) groups is 1. The molecule has 0 aliphatic carbocycles. The van der Waals surface area contributed by atoms with E-state index in [9.17, 15) is 4.79 Å². The second kappa shape index (κ2) is 9.31. The van der Waals surface area contributed by atoms with Gasteiger partial charge in [-0.15, -0.1) is 0 Å². The molecule has 2 N–H and O–H groups in total. The van der Waals surface area contributed by atoms with Gasteiger partial charge >= 0.3 is 0 Å². The lowest BCUT2D eigenvalue weighted by Gasteiger charge is -2.15. The van der Waals surface area contributed by atoms with Gasteiger partial charge in [0, 0.05) is 0 Å². The van der Waals surface area contributed by atoms with Crippen molar-refractivity contribution >= 4 is 17.8 Å². The summed E-state index contributed by atoms with van der Waals surface area (Å²) in [5.74, 6) is 1.62. The summed E-state index contributed by atoms with van der Waals surface area (Å²) in [6.07, 6.45) is 1.54. The van der Waals surface area contributed by atoms with Crippen LogP contribution in [0.3, 0.4) is 0 Å². The predicted molar refractivity (Wildman–Crippen MR) is 101 cm³/mol. The molecule has 7 heteroatoms. The molecule has 7 nitrogen and oxygen atoms in total. The Morgan fingerprint density at radius 3 is 2.38 bits per heavy atom. The van der Waals surface area contributed by atoms with Crippen LogP contribution in [-0.2, 0) is 4.79 Å². The Balaban J connectivity index is 1.96. The highest BCUT2D eigenvalue weighted by atomic mass is 16.5. The summed E-state index contributed by atoms with van der Waals surface area (Å²) in [6.45, 7) is 1.74. The molecule has 2 aromatic carbocycles. The van der Waals surface area contributed by atoms with E-state index in [1.165, 1.54) is 6.21 Å². The zero-order chi connectivity index (χ0) is 18.9. The van der Waals surface area contributed by atoms with Crippen molar-refractivity contribution in [2.45, 2.75) is 13.0 Å². The lowest BCUT2D eigenvalue weighted by molar-refractivity contribution is -0.121. The van der Waals surface area contributed by atoms with Crippen LogP contribution in [0.15, 0.2) is 47.6 Å². The Morgan fingerprint density at radius 1 is 1.00 bits per heavy atom. The molecule has 0 fully saturated rings. The first-order valence-corrected chi connectivity index (χ1v) is 8.03. The summed E-state index contributed by atoms with van der Waals surface area (Å²) in [4.78, 5) is 12.2. The van der Waals surface area contributed by atoms with Gasteiger partial charge < -0.3 is 19.5 Å². The maximum atomic E-state index is 12.2. The van der Waals surface area contributed by atoms with Gasteiger partial charge in [0.1, 0.15) is 11.8 Å². The topological polar surface area (TPSA) is 81.2 Å². The van der Waals surface area contributed by atoms with Gasteiger partial charge in [-0.2, -0.15) is 5.10 Å². The maximum Gasteiger partial charge on any atom is 0.262 e. The van der Waals surface area contributed by atoms with E-state index in [1.54, 1.807) is 40.4 Å². The third-order valence-electron chi connectivity index (χ3n) is 3.67. The van der Waals surface area contributed by atoms with E-state index in [0.29, 0.717) is 17.2 Å². The van der Waals surface area contributed by atoms with Crippen molar-refractivity contribution in [1.82, 2.24) is 5.43 Å². The molecule has 26 heavy (non-hydrogen) atoms. The number of nitrogens with one attached hydrogen (secondary N) is 2. The van der Waals surface area contributed by atoms with Crippen molar-refractivity contribution in [1.29, 1.82) is 0 Å². The number of hydrazone groups is 1. The fourth-order valence-corrected chi connectivity index (χ4v) is 2.26. The Morgan fingerprint density at radius 2 is 1.69 bits per heavy atom. The number of carbonyl (C=O) groups excluding carboxylic acids is 1. The molecule has 1 amide bonds. The van der Waals surface area contributed by atoms with Crippen LogP contribution in [0.2, 0.25) is 0 Å². The molecule has 1 unspecified atom stereocenters. The first kappa shape index (κ1) is 19.1. The fraction of sp³-hybridized carbons (Fsp3) is 0.263. The van der Waals surface area contributed by atoms with E-state index in [-0.39, 0.29) is 5.91 Å². The molecular formula is C19H23N3O4. The van der Waals surface area contributed by atoms with Crippen molar-refractivity contribution in [3.63, 3.8) is 0 Å². The molecule has 0 saturated carbocycles. The van der Waals surface area contributed by atoms with Gasteiger partial charge in [-0.25, -0.2) is 5.43 Å². The third kappa shape index (κ3) is 4.89. The van der Waals surface area contributed by atoms with E-state index < -0.39 is 6.04 Å². The summed E-state index contributed by atoms with van der Waals surface area (Å²) in [7, 11) is 4.71. The van der Waals surface area contributed by atoms with Gasteiger partial charge in [0.15, 0.2) is 11.5 Å². The molecule has 0 spiro atoms. The maximum absolute atomic E-state index is 12.2. The van der Waals surface area contributed by atoms with E-state index in [4.69, 9.17) is 14.2 Å². The number of nitrogens with zero attached hydrogens (tertiary/aromatic N) is 1. The monoisotopic (exact) mass is 357 g/mol. The lowest BCUT2D eigenvalue weighted by atomic mass is 10.2. The molecule has 0 saturated heterocycles. The number of para-hydroxylation sites is 2. The second-order valence-electron chi connectivity index (χ2n) is 5.41. The first-order valence-electron chi connectivity index (χ1n) is 8.03. The predicted octanol–water partition coefficient (Wildman–Crippen LogP) is 2.66. The zero-order valence-electron chi connectivity index (χ0n) is 15.3. The van der Waals surface area contributed by atoms with E-state index in [2.05, 4.69) is 15.8 Å². The normalized spacial score (nSPS) is 11.7. The highest BCUT2D eigenvalue weighted by Crippen LogP contribution is 2.27. The first-order chi connectivity index (χ1) is 12.6. The average Bonchev–Trinajstić information content (AvgIpc) is 2.68. The number of ether oxygens (including phenoxy) is 3. The number of hydrogen-bond donors (Lipinski definition) is 2. The van der Waals surface area contributed by atoms with Crippen LogP contribution in [0.25, 0.3) is 0 Å². The third-order valence-corrected chi connectivity index (χ3v) is 3.67. The fourth-order valence-electron chi connectivity index (χ4n) is 2.26. The van der Waals surface area contributed by atoms with Gasteiger partial charge in [0.25, 0.3) is 5.91 Å². The van der Waals surface area contributed by atoms with Gasteiger partial charge in [0.2, 0.25) is 0 Å². The van der Waals surface area contributed by atoms with Gasteiger partial charge in [0.05, 0.1) is 33.2 Å². The number of hydrogen-bond acceptors (Lipinski definition) is 6. The molecule has 1 atom stereocenters. The SMILES string of the molecule is COc1ccccc1NC(C)C(=O)N/N=C/c1ccc(OC)c(OC)c1. The second-order valence-corrected chi connectivity index (χ2v) is 5.41. The van der Waals surface area contributed by atoms with Crippen LogP contribution in [0, 0.1) is 0 Å². The molecule has 2 rings (SSSR count). The van der Waals surface area contributed by atoms with E-state index in [1.807, 2.05) is 30.3 Å². The summed E-state index contributed by atoms with van der Waals surface area (Å²) in [5.41, 5.74) is 4.02. The molecule has 0 radical (unpaired) electrons. The highest BCUT2D eigenvalue weighted by Gasteiger charge is 2.13. The van der Waals surface area contributed by atoms with Crippen LogP contribution in [0.4, 0.5) is 5.69 Å². The van der Waals surface area contributed by atoms with Crippen molar-refractivity contribution < 1.29 is 19.0 Å². The molecule has 138 valence electrons. The van der Waals surface area contributed by atoms with Crippen LogP contribution >= 0.6 is 0 Å². The molecule has 0 aromatic heterocycles. The largest absolute Gasteiger partial charge is 0.495 e. The Kier molecular flexibility index (Phi) is 6.84. The van der Waals surface area contributed by atoms with Crippen LogP contribution in [0.1, 0.15) is 12.5 Å². The molecule has 0 bridgehead atoms. The molecule has 0 aliphatic heterocycles. The Labute approximate surface area is 153 Å². The number of anilines is 1. The van der Waals surface area contributed by atoms with Gasteiger partial charge in [-0.3, -0.25) is 4.79 Å². The van der Waals surface area contributed by atoms with Crippen molar-refractivity contribution in [3.8, 4) is 17.2 Å². The van der Waals surface area contributed by atoms with Crippen LogP contribution in [0.5, 0.6) is 17.2 Å².